The lowest BCUT2D eigenvalue weighted by Gasteiger charge is -2.32. The van der Waals surface area contributed by atoms with Crippen molar-refractivity contribution in [2.45, 2.75) is 37.5 Å². The third-order valence-corrected chi connectivity index (χ3v) is 9.69. The third-order valence-electron chi connectivity index (χ3n) is 9.69. The van der Waals surface area contributed by atoms with Crippen LogP contribution < -0.4 is 0 Å². The number of benzene rings is 4. The highest BCUT2D eigenvalue weighted by molar-refractivity contribution is 6.09. The molecule has 1 aliphatic carbocycles. The maximum Gasteiger partial charge on any atom is 0.163 e. The van der Waals surface area contributed by atoms with Crippen molar-refractivity contribution in [1.29, 1.82) is 0 Å². The minimum absolute atomic E-state index is 0.504. The molecular formula is C40H31N3O. The van der Waals surface area contributed by atoms with E-state index in [0.29, 0.717) is 11.8 Å². The molecule has 9 rings (SSSR count). The molecule has 4 heterocycles. The number of aromatic nitrogens is 3. The fourth-order valence-electron chi connectivity index (χ4n) is 7.62. The molecule has 44 heavy (non-hydrogen) atoms. The van der Waals surface area contributed by atoms with Crippen LogP contribution in [0.25, 0.3) is 60.8 Å². The standard InChI is InChI=1S/C40H31N3O/c1-2-9-31(27-19-21-29(22-20-27)43-35-12-5-3-10-33(35)34-11-4-6-13-36(34)43)30(8-1)26-15-17-28(18-16-26)32-23-25-42-39-38-37(44-40(32)39)14-7-24-41-38/h3-7,10-25,30-31H,1-2,8-9H2/t30-,31+/m0/s1. The molecule has 4 aromatic carbocycles. The van der Waals surface area contributed by atoms with Crippen LogP contribution in [0.4, 0.5) is 0 Å². The summed E-state index contributed by atoms with van der Waals surface area (Å²) in [6, 6.07) is 41.9. The zero-order chi connectivity index (χ0) is 29.0. The number of furan rings is 1. The topological polar surface area (TPSA) is 43.9 Å². The van der Waals surface area contributed by atoms with Gasteiger partial charge in [-0.3, -0.25) is 9.97 Å². The van der Waals surface area contributed by atoms with Crippen molar-refractivity contribution in [3.63, 3.8) is 0 Å². The molecule has 0 aliphatic heterocycles. The molecule has 0 spiro atoms. The highest BCUT2D eigenvalue weighted by Crippen LogP contribution is 2.45. The Morgan fingerprint density at radius 2 is 1.18 bits per heavy atom. The average molecular weight is 570 g/mol. The Morgan fingerprint density at radius 1 is 0.568 bits per heavy atom. The van der Waals surface area contributed by atoms with Crippen LogP contribution in [-0.2, 0) is 0 Å². The molecule has 0 bridgehead atoms. The van der Waals surface area contributed by atoms with Gasteiger partial charge in [-0.25, -0.2) is 0 Å². The Kier molecular flexibility index (Phi) is 5.86. The van der Waals surface area contributed by atoms with Gasteiger partial charge in [0.15, 0.2) is 11.2 Å². The predicted molar refractivity (Wildman–Crippen MR) is 179 cm³/mol. The number of pyridine rings is 2. The van der Waals surface area contributed by atoms with Crippen LogP contribution in [0, 0.1) is 0 Å². The van der Waals surface area contributed by atoms with E-state index in [0.717, 1.165) is 33.3 Å². The molecule has 4 aromatic heterocycles. The number of para-hydroxylation sites is 2. The van der Waals surface area contributed by atoms with Crippen molar-refractivity contribution in [3.8, 4) is 16.8 Å². The first-order valence-electron chi connectivity index (χ1n) is 15.6. The molecule has 8 aromatic rings. The Labute approximate surface area is 255 Å². The molecule has 0 radical (unpaired) electrons. The van der Waals surface area contributed by atoms with Gasteiger partial charge in [-0.15, -0.1) is 0 Å². The Balaban J connectivity index is 1.04. The molecule has 4 nitrogen and oxygen atoms in total. The van der Waals surface area contributed by atoms with E-state index in [9.17, 15) is 0 Å². The summed E-state index contributed by atoms with van der Waals surface area (Å²) in [5, 5.41) is 2.60. The Hall–Kier alpha value is -5.22. The first kappa shape index (κ1) is 25.3. The number of rotatable bonds is 4. The highest BCUT2D eigenvalue weighted by atomic mass is 16.3. The lowest BCUT2D eigenvalue weighted by molar-refractivity contribution is 0.386. The van der Waals surface area contributed by atoms with Crippen LogP contribution in [0.3, 0.4) is 0 Å². The van der Waals surface area contributed by atoms with Crippen LogP contribution in [0.5, 0.6) is 0 Å². The number of fused-ring (bicyclic) bond motifs is 6. The quantitative estimate of drug-likeness (QED) is 0.212. The lowest BCUT2D eigenvalue weighted by atomic mass is 9.72. The molecule has 2 atom stereocenters. The molecule has 1 fully saturated rings. The van der Waals surface area contributed by atoms with Gasteiger partial charge in [0, 0.05) is 34.4 Å². The van der Waals surface area contributed by atoms with Crippen molar-refractivity contribution in [2.75, 3.05) is 0 Å². The van der Waals surface area contributed by atoms with E-state index in [1.165, 1.54) is 64.3 Å². The highest BCUT2D eigenvalue weighted by Gasteiger charge is 2.28. The number of nitrogens with zero attached hydrogens (tertiary/aromatic N) is 3. The van der Waals surface area contributed by atoms with E-state index < -0.39 is 0 Å². The minimum atomic E-state index is 0.504. The third kappa shape index (κ3) is 3.98. The second-order valence-electron chi connectivity index (χ2n) is 12.1. The van der Waals surface area contributed by atoms with E-state index in [1.54, 1.807) is 6.20 Å². The maximum absolute atomic E-state index is 6.22. The van der Waals surface area contributed by atoms with Gasteiger partial charge >= 0.3 is 0 Å². The zero-order valence-corrected chi connectivity index (χ0v) is 24.4. The number of hydrogen-bond donors (Lipinski definition) is 0. The van der Waals surface area contributed by atoms with E-state index in [4.69, 9.17) is 4.42 Å². The van der Waals surface area contributed by atoms with Crippen LogP contribution >= 0.6 is 0 Å². The summed E-state index contributed by atoms with van der Waals surface area (Å²) in [6.45, 7) is 0. The van der Waals surface area contributed by atoms with E-state index >= 15 is 0 Å². The molecule has 0 N–H and O–H groups in total. The van der Waals surface area contributed by atoms with E-state index in [1.807, 2.05) is 24.4 Å². The second-order valence-corrected chi connectivity index (χ2v) is 12.1. The van der Waals surface area contributed by atoms with Gasteiger partial charge in [-0.05, 0) is 83.8 Å². The van der Waals surface area contributed by atoms with Crippen molar-refractivity contribution in [3.05, 3.63) is 139 Å². The van der Waals surface area contributed by atoms with Gasteiger partial charge in [0.05, 0.1) is 11.0 Å². The maximum atomic E-state index is 6.22. The monoisotopic (exact) mass is 569 g/mol. The van der Waals surface area contributed by atoms with Gasteiger partial charge in [-0.1, -0.05) is 85.6 Å². The molecular weight excluding hydrogens is 538 g/mol. The van der Waals surface area contributed by atoms with E-state index in [-0.39, 0.29) is 0 Å². The molecule has 1 aliphatic rings. The van der Waals surface area contributed by atoms with Crippen molar-refractivity contribution in [1.82, 2.24) is 14.5 Å². The van der Waals surface area contributed by atoms with Gasteiger partial charge in [-0.2, -0.15) is 0 Å². The van der Waals surface area contributed by atoms with Gasteiger partial charge in [0.1, 0.15) is 11.0 Å². The fraction of sp³-hybridized carbons (Fsp3) is 0.150. The molecule has 1 saturated carbocycles. The Bertz CT molecular complexity index is 2240. The summed E-state index contributed by atoms with van der Waals surface area (Å²) in [6.07, 6.45) is 8.64. The first-order chi connectivity index (χ1) is 21.8. The van der Waals surface area contributed by atoms with Crippen molar-refractivity contribution in [2.24, 2.45) is 0 Å². The predicted octanol–water partition coefficient (Wildman–Crippen LogP) is 10.6. The fourth-order valence-corrected chi connectivity index (χ4v) is 7.62. The smallest absolute Gasteiger partial charge is 0.163 e. The zero-order valence-electron chi connectivity index (χ0n) is 24.4. The summed E-state index contributed by atoms with van der Waals surface area (Å²) in [5.41, 5.74) is 12.0. The van der Waals surface area contributed by atoms with Gasteiger partial charge < -0.3 is 8.98 Å². The minimum Gasteiger partial charge on any atom is -0.452 e. The number of hydrogen-bond acceptors (Lipinski definition) is 3. The van der Waals surface area contributed by atoms with Crippen LogP contribution in [0.15, 0.2) is 132 Å². The van der Waals surface area contributed by atoms with E-state index in [2.05, 4.69) is 112 Å². The normalized spacial score (nSPS) is 17.2. The SMILES string of the molecule is c1cnc2c(c1)oc1c(-c3ccc([C@@H]4CCCC[C@@H]4c4ccc(-n5c6ccccc6c6ccccc65)cc4)cc3)ccnc12. The molecule has 212 valence electrons. The molecule has 0 amide bonds. The summed E-state index contributed by atoms with van der Waals surface area (Å²) < 4.78 is 8.62. The average Bonchev–Trinajstić information content (AvgIpc) is 3.65. The Morgan fingerprint density at radius 3 is 1.86 bits per heavy atom. The summed E-state index contributed by atoms with van der Waals surface area (Å²) in [5.74, 6) is 1.01. The molecule has 0 unspecified atom stereocenters. The first-order valence-corrected chi connectivity index (χ1v) is 15.6. The van der Waals surface area contributed by atoms with Crippen molar-refractivity contribution >= 4 is 44.0 Å². The summed E-state index contributed by atoms with van der Waals surface area (Å²) >= 11 is 0. The summed E-state index contributed by atoms with van der Waals surface area (Å²) in [7, 11) is 0. The van der Waals surface area contributed by atoms with Crippen LogP contribution in [-0.4, -0.2) is 14.5 Å². The second kappa shape index (κ2) is 10.2. The molecule has 0 saturated heterocycles. The van der Waals surface area contributed by atoms with Crippen LogP contribution in [0.2, 0.25) is 0 Å². The van der Waals surface area contributed by atoms with Gasteiger partial charge in [0.2, 0.25) is 0 Å². The molecule has 4 heteroatoms. The van der Waals surface area contributed by atoms with Crippen LogP contribution in [0.1, 0.15) is 48.6 Å². The lowest BCUT2D eigenvalue weighted by Crippen LogP contribution is -2.16. The summed E-state index contributed by atoms with van der Waals surface area (Å²) in [4.78, 5) is 9.09. The van der Waals surface area contributed by atoms with Crippen molar-refractivity contribution < 1.29 is 4.42 Å². The largest absolute Gasteiger partial charge is 0.452 e. The van der Waals surface area contributed by atoms with Gasteiger partial charge in [0.25, 0.3) is 0 Å².